The van der Waals surface area contributed by atoms with Gasteiger partial charge in [-0.1, -0.05) is 12.1 Å². The maximum absolute atomic E-state index is 12.0. The van der Waals surface area contributed by atoms with Crippen LogP contribution >= 0.6 is 0 Å². The van der Waals surface area contributed by atoms with Crippen molar-refractivity contribution >= 4 is 5.97 Å². The molecular formula is C19H26N2O4. The van der Waals surface area contributed by atoms with E-state index in [-0.39, 0.29) is 25.8 Å². The van der Waals surface area contributed by atoms with E-state index in [0.29, 0.717) is 12.2 Å². The Hall–Kier alpha value is -2.05. The van der Waals surface area contributed by atoms with Crippen molar-refractivity contribution in [2.24, 2.45) is 0 Å². The van der Waals surface area contributed by atoms with E-state index in [1.54, 1.807) is 0 Å². The van der Waals surface area contributed by atoms with Gasteiger partial charge in [-0.2, -0.15) is 0 Å². The van der Waals surface area contributed by atoms with Crippen molar-refractivity contribution in [3.63, 3.8) is 0 Å². The summed E-state index contributed by atoms with van der Waals surface area (Å²) in [5, 5.41) is 8.60. The summed E-state index contributed by atoms with van der Waals surface area (Å²) in [7, 11) is 0. The van der Waals surface area contributed by atoms with E-state index in [1.807, 2.05) is 24.3 Å². The summed E-state index contributed by atoms with van der Waals surface area (Å²) in [6.45, 7) is 4.97. The molecule has 1 saturated heterocycles. The lowest BCUT2D eigenvalue weighted by atomic mass is 10.1. The summed E-state index contributed by atoms with van der Waals surface area (Å²) in [6, 6.07) is 7.62. The molecule has 6 nitrogen and oxygen atoms in total. The van der Waals surface area contributed by atoms with Gasteiger partial charge in [0.2, 0.25) is 0 Å². The summed E-state index contributed by atoms with van der Waals surface area (Å²) in [6.07, 6.45) is 4.66. The molecule has 0 bridgehead atoms. The third-order valence-electron chi connectivity index (χ3n) is 4.49. The molecule has 0 aliphatic carbocycles. The summed E-state index contributed by atoms with van der Waals surface area (Å²) in [4.78, 5) is 16.8. The van der Waals surface area contributed by atoms with E-state index >= 15 is 0 Å². The Balaban J connectivity index is 1.49. The maximum atomic E-state index is 12.0. The summed E-state index contributed by atoms with van der Waals surface area (Å²) in [5.41, 5.74) is 1.74. The molecule has 3 rings (SSSR count). The highest BCUT2D eigenvalue weighted by Crippen LogP contribution is 2.25. The molecule has 0 saturated carbocycles. The van der Waals surface area contributed by atoms with E-state index < -0.39 is 0 Å². The molecule has 6 heteroatoms. The highest BCUT2D eigenvalue weighted by Gasteiger charge is 2.24. The van der Waals surface area contributed by atoms with Gasteiger partial charge < -0.3 is 24.4 Å². The third kappa shape index (κ3) is 4.74. The molecule has 0 spiro atoms. The lowest BCUT2D eigenvalue weighted by Gasteiger charge is -2.38. The lowest BCUT2D eigenvalue weighted by Crippen LogP contribution is -2.39. The zero-order chi connectivity index (χ0) is 17.5. The molecule has 25 heavy (non-hydrogen) atoms. The van der Waals surface area contributed by atoms with Gasteiger partial charge in [0.05, 0.1) is 25.4 Å². The molecule has 0 radical (unpaired) electrons. The molecule has 0 amide bonds. The number of aliphatic hydroxyl groups excluding tert-OH is 1. The maximum Gasteiger partial charge on any atom is 0.338 e. The van der Waals surface area contributed by atoms with Crippen molar-refractivity contribution in [3.8, 4) is 0 Å². The number of benzene rings is 1. The fourth-order valence-corrected chi connectivity index (χ4v) is 3.29. The average molecular weight is 346 g/mol. The van der Waals surface area contributed by atoms with E-state index in [0.717, 1.165) is 32.6 Å². The standard InChI is InChI=1S/C19H26N2O4/c22-11-12-24-13-14-25-19(23)17-6-4-16(5-7-17)15-21-10-2-9-20-8-1-3-18(20)21/h3-7,22H,1-2,8-15H2. The molecule has 2 heterocycles. The topological polar surface area (TPSA) is 62.2 Å². The molecule has 0 atom stereocenters. The van der Waals surface area contributed by atoms with Crippen molar-refractivity contribution in [2.75, 3.05) is 46.1 Å². The zero-order valence-corrected chi connectivity index (χ0v) is 14.5. The Morgan fingerprint density at radius 1 is 1.08 bits per heavy atom. The minimum Gasteiger partial charge on any atom is -0.460 e. The zero-order valence-electron chi connectivity index (χ0n) is 14.5. The van der Waals surface area contributed by atoms with Gasteiger partial charge in [0.1, 0.15) is 12.4 Å². The van der Waals surface area contributed by atoms with E-state index in [9.17, 15) is 4.79 Å². The van der Waals surface area contributed by atoms with Gasteiger partial charge in [-0.3, -0.25) is 0 Å². The number of esters is 1. The van der Waals surface area contributed by atoms with Gasteiger partial charge in [0.25, 0.3) is 0 Å². The van der Waals surface area contributed by atoms with Crippen molar-refractivity contribution < 1.29 is 19.4 Å². The van der Waals surface area contributed by atoms with Crippen LogP contribution in [0.1, 0.15) is 28.8 Å². The van der Waals surface area contributed by atoms with E-state index in [4.69, 9.17) is 14.6 Å². The molecule has 0 aromatic heterocycles. The summed E-state index contributed by atoms with van der Waals surface area (Å²) >= 11 is 0. The van der Waals surface area contributed by atoms with Crippen molar-refractivity contribution in [1.82, 2.24) is 9.80 Å². The van der Waals surface area contributed by atoms with Crippen LogP contribution in [-0.2, 0) is 16.0 Å². The Morgan fingerprint density at radius 3 is 2.72 bits per heavy atom. The van der Waals surface area contributed by atoms with Crippen LogP contribution in [0.15, 0.2) is 36.2 Å². The molecule has 1 aromatic rings. The molecule has 2 aliphatic heterocycles. The van der Waals surface area contributed by atoms with Gasteiger partial charge >= 0.3 is 5.97 Å². The number of rotatable bonds is 8. The van der Waals surface area contributed by atoms with Crippen LogP contribution in [0.4, 0.5) is 0 Å². The molecule has 1 N–H and O–H groups in total. The quantitative estimate of drug-likeness (QED) is 0.570. The predicted molar refractivity (Wildman–Crippen MR) is 93.9 cm³/mol. The van der Waals surface area contributed by atoms with Crippen molar-refractivity contribution in [3.05, 3.63) is 47.3 Å². The number of hydrogen-bond donors (Lipinski definition) is 1. The van der Waals surface area contributed by atoms with Crippen LogP contribution in [0.25, 0.3) is 0 Å². The molecule has 0 unspecified atom stereocenters. The number of aliphatic hydroxyl groups is 1. The molecule has 1 aromatic carbocycles. The van der Waals surface area contributed by atoms with Crippen molar-refractivity contribution in [1.29, 1.82) is 0 Å². The second-order valence-corrected chi connectivity index (χ2v) is 6.28. The van der Waals surface area contributed by atoms with E-state index in [2.05, 4.69) is 15.9 Å². The number of hydrogen-bond acceptors (Lipinski definition) is 6. The SMILES string of the molecule is O=C(OCCOCCO)c1ccc(CN2CCCN3CCC=C32)cc1. The molecule has 136 valence electrons. The van der Waals surface area contributed by atoms with E-state index in [1.165, 1.54) is 17.8 Å². The predicted octanol–water partition coefficient (Wildman–Crippen LogP) is 1.61. The van der Waals surface area contributed by atoms with Crippen LogP contribution in [0.5, 0.6) is 0 Å². The van der Waals surface area contributed by atoms with Gasteiger partial charge in [-0.15, -0.1) is 0 Å². The van der Waals surface area contributed by atoms with Gasteiger partial charge in [-0.25, -0.2) is 4.79 Å². The average Bonchev–Trinajstić information content (AvgIpc) is 3.12. The van der Waals surface area contributed by atoms with Crippen LogP contribution in [-0.4, -0.2) is 66.9 Å². The first kappa shape index (κ1) is 17.8. The summed E-state index contributed by atoms with van der Waals surface area (Å²) in [5.74, 6) is 1.01. The van der Waals surface area contributed by atoms with Gasteiger partial charge in [0.15, 0.2) is 0 Å². The molecule has 2 aliphatic rings. The highest BCUT2D eigenvalue weighted by molar-refractivity contribution is 5.89. The van der Waals surface area contributed by atoms with Gasteiger partial charge in [-0.05, 0) is 36.6 Å². The minimum atomic E-state index is -0.346. The second kappa shape index (κ2) is 8.87. The first-order chi connectivity index (χ1) is 12.3. The number of carbonyl (C=O) groups is 1. The Labute approximate surface area is 148 Å². The Kier molecular flexibility index (Phi) is 6.30. The number of carbonyl (C=O) groups excluding carboxylic acids is 1. The van der Waals surface area contributed by atoms with Crippen LogP contribution in [0.2, 0.25) is 0 Å². The molecular weight excluding hydrogens is 320 g/mol. The van der Waals surface area contributed by atoms with Crippen LogP contribution < -0.4 is 0 Å². The number of ether oxygens (including phenoxy) is 2. The smallest absolute Gasteiger partial charge is 0.338 e. The van der Waals surface area contributed by atoms with Crippen molar-refractivity contribution in [2.45, 2.75) is 19.4 Å². The number of fused-ring (bicyclic) bond motifs is 1. The molecule has 1 fully saturated rings. The third-order valence-corrected chi connectivity index (χ3v) is 4.49. The Bertz CT molecular complexity index is 600. The highest BCUT2D eigenvalue weighted by atomic mass is 16.6. The fourth-order valence-electron chi connectivity index (χ4n) is 3.29. The largest absolute Gasteiger partial charge is 0.460 e. The Morgan fingerprint density at radius 2 is 1.92 bits per heavy atom. The fraction of sp³-hybridized carbons (Fsp3) is 0.526. The van der Waals surface area contributed by atoms with Gasteiger partial charge in [0, 0.05) is 26.2 Å². The van der Waals surface area contributed by atoms with Crippen LogP contribution in [0.3, 0.4) is 0 Å². The van der Waals surface area contributed by atoms with Crippen LogP contribution in [0, 0.1) is 0 Å². The second-order valence-electron chi connectivity index (χ2n) is 6.28. The summed E-state index contributed by atoms with van der Waals surface area (Å²) < 4.78 is 10.2. The first-order valence-electron chi connectivity index (χ1n) is 8.92. The minimum absolute atomic E-state index is 0.0267. The monoisotopic (exact) mass is 346 g/mol. The normalized spacial score (nSPS) is 16.6. The number of nitrogens with zero attached hydrogens (tertiary/aromatic N) is 2. The first-order valence-corrected chi connectivity index (χ1v) is 8.92. The lowest BCUT2D eigenvalue weighted by molar-refractivity contribution is 0.0258.